The summed E-state index contributed by atoms with van der Waals surface area (Å²) in [4.78, 5) is 6.76. The number of imidazole rings is 1. The summed E-state index contributed by atoms with van der Waals surface area (Å²) in [6.45, 7) is 1.87. The van der Waals surface area contributed by atoms with Crippen LogP contribution in [-0.4, -0.2) is 39.8 Å². The van der Waals surface area contributed by atoms with Gasteiger partial charge in [-0.25, -0.2) is 4.98 Å². The minimum absolute atomic E-state index is 0.471. The van der Waals surface area contributed by atoms with E-state index in [-0.39, 0.29) is 0 Å². The summed E-state index contributed by atoms with van der Waals surface area (Å²) in [7, 11) is 1.67. The highest BCUT2D eigenvalue weighted by molar-refractivity contribution is 7.80. The summed E-state index contributed by atoms with van der Waals surface area (Å²) >= 11 is 5.61. The number of benzene rings is 2. The van der Waals surface area contributed by atoms with E-state index in [1.54, 1.807) is 7.11 Å². The molecule has 4 rings (SSSR count). The lowest BCUT2D eigenvalue weighted by atomic mass is 10.0. The number of piperidine rings is 1. The van der Waals surface area contributed by atoms with Crippen LogP contribution in [0.4, 0.5) is 5.69 Å². The highest BCUT2D eigenvalue weighted by Crippen LogP contribution is 2.27. The first kappa shape index (κ1) is 16.8. The summed E-state index contributed by atoms with van der Waals surface area (Å²) in [5.74, 6) is 0.823. The molecule has 6 heteroatoms. The summed E-state index contributed by atoms with van der Waals surface area (Å²) in [6, 6.07) is 16.6. The van der Waals surface area contributed by atoms with Gasteiger partial charge in [0.2, 0.25) is 0 Å². The van der Waals surface area contributed by atoms with Crippen LogP contribution >= 0.6 is 12.2 Å². The monoisotopic (exact) mass is 366 g/mol. The van der Waals surface area contributed by atoms with Crippen LogP contribution < -0.4 is 10.1 Å². The minimum atomic E-state index is 0.471. The average molecular weight is 366 g/mol. The van der Waals surface area contributed by atoms with Crippen molar-refractivity contribution in [1.29, 1.82) is 0 Å². The second-order valence-corrected chi connectivity index (χ2v) is 6.91. The minimum Gasteiger partial charge on any atom is -0.497 e. The molecule has 0 unspecified atom stereocenters. The fraction of sp³-hybridized carbons (Fsp3) is 0.300. The zero-order valence-electron chi connectivity index (χ0n) is 14.8. The number of nitrogens with zero attached hydrogens (tertiary/aromatic N) is 3. The summed E-state index contributed by atoms with van der Waals surface area (Å²) in [5, 5.41) is 4.09. The van der Waals surface area contributed by atoms with Crippen LogP contribution in [0.15, 0.2) is 54.9 Å². The van der Waals surface area contributed by atoms with Gasteiger partial charge < -0.3 is 19.5 Å². The number of fused-ring (bicyclic) bond motifs is 1. The second-order valence-electron chi connectivity index (χ2n) is 6.52. The molecule has 2 heterocycles. The predicted octanol–water partition coefficient (Wildman–Crippen LogP) is 4.08. The topological polar surface area (TPSA) is 42.3 Å². The van der Waals surface area contributed by atoms with Crippen molar-refractivity contribution in [3.8, 4) is 5.75 Å². The van der Waals surface area contributed by atoms with Gasteiger partial charge in [0, 0.05) is 30.9 Å². The van der Waals surface area contributed by atoms with Crippen molar-refractivity contribution < 1.29 is 4.74 Å². The Labute approximate surface area is 158 Å². The molecule has 2 aromatic carbocycles. The molecule has 134 valence electrons. The van der Waals surface area contributed by atoms with Crippen LogP contribution in [0.3, 0.4) is 0 Å². The number of hydrogen-bond donors (Lipinski definition) is 1. The summed E-state index contributed by atoms with van der Waals surface area (Å²) in [6.07, 6.45) is 4.08. The molecule has 1 aliphatic rings. The van der Waals surface area contributed by atoms with E-state index in [1.807, 2.05) is 36.7 Å². The smallest absolute Gasteiger partial charge is 0.173 e. The Morgan fingerprint density at radius 3 is 2.77 bits per heavy atom. The van der Waals surface area contributed by atoms with E-state index >= 15 is 0 Å². The second kappa shape index (κ2) is 7.33. The average Bonchev–Trinajstić information content (AvgIpc) is 3.12. The molecular formula is C20H22N4OS. The molecule has 26 heavy (non-hydrogen) atoms. The van der Waals surface area contributed by atoms with Crippen LogP contribution in [0.25, 0.3) is 11.0 Å². The van der Waals surface area contributed by atoms with E-state index in [4.69, 9.17) is 17.0 Å². The maximum Gasteiger partial charge on any atom is 0.173 e. The SMILES string of the molecule is COc1cccc(NC(=S)N2CCC(n3cnc4ccccc43)CC2)c1. The molecule has 1 aliphatic heterocycles. The van der Waals surface area contributed by atoms with Crippen molar-refractivity contribution in [2.24, 2.45) is 0 Å². The van der Waals surface area contributed by atoms with Gasteiger partial charge in [-0.2, -0.15) is 0 Å². The van der Waals surface area contributed by atoms with Crippen LogP contribution in [0.2, 0.25) is 0 Å². The first-order valence-electron chi connectivity index (χ1n) is 8.86. The van der Waals surface area contributed by atoms with Crippen molar-refractivity contribution in [2.75, 3.05) is 25.5 Å². The van der Waals surface area contributed by atoms with Gasteiger partial charge in [-0.15, -0.1) is 0 Å². The zero-order chi connectivity index (χ0) is 17.9. The Kier molecular flexibility index (Phi) is 4.75. The Morgan fingerprint density at radius 1 is 1.15 bits per heavy atom. The third kappa shape index (κ3) is 3.37. The quantitative estimate of drug-likeness (QED) is 0.708. The number of thiocarbonyl (C=S) groups is 1. The van der Waals surface area contributed by atoms with Crippen LogP contribution in [0.5, 0.6) is 5.75 Å². The normalized spacial score (nSPS) is 15.2. The molecule has 1 fully saturated rings. The number of hydrogen-bond acceptors (Lipinski definition) is 3. The highest BCUT2D eigenvalue weighted by Gasteiger charge is 2.23. The molecule has 0 amide bonds. The van der Waals surface area contributed by atoms with Gasteiger partial charge in [0.15, 0.2) is 5.11 Å². The van der Waals surface area contributed by atoms with Crippen molar-refractivity contribution in [1.82, 2.24) is 14.5 Å². The Morgan fingerprint density at radius 2 is 1.96 bits per heavy atom. The number of anilines is 1. The molecule has 0 spiro atoms. The maximum atomic E-state index is 5.61. The van der Waals surface area contributed by atoms with Gasteiger partial charge in [-0.3, -0.25) is 0 Å². The van der Waals surface area contributed by atoms with E-state index in [9.17, 15) is 0 Å². The Balaban J connectivity index is 1.39. The van der Waals surface area contributed by atoms with Crippen molar-refractivity contribution in [2.45, 2.75) is 18.9 Å². The number of nitrogens with one attached hydrogen (secondary N) is 1. The van der Waals surface area contributed by atoms with Crippen molar-refractivity contribution >= 4 is 34.1 Å². The number of likely N-dealkylation sites (tertiary alicyclic amines) is 1. The summed E-state index contributed by atoms with van der Waals surface area (Å²) < 4.78 is 7.58. The molecule has 0 radical (unpaired) electrons. The molecule has 5 nitrogen and oxygen atoms in total. The molecule has 1 saturated heterocycles. The lowest BCUT2D eigenvalue weighted by molar-refractivity contribution is 0.272. The molecule has 1 aromatic heterocycles. The van der Waals surface area contributed by atoms with Crippen LogP contribution in [0, 0.1) is 0 Å². The third-order valence-electron chi connectivity index (χ3n) is 4.95. The number of aromatic nitrogens is 2. The lowest BCUT2D eigenvalue weighted by Crippen LogP contribution is -2.41. The van der Waals surface area contributed by atoms with Gasteiger partial charge in [-0.05, 0) is 49.3 Å². The van der Waals surface area contributed by atoms with E-state index in [0.29, 0.717) is 6.04 Å². The van der Waals surface area contributed by atoms with E-state index in [1.165, 1.54) is 5.52 Å². The Bertz CT molecular complexity index is 915. The molecular weight excluding hydrogens is 344 g/mol. The molecule has 0 atom stereocenters. The van der Waals surface area contributed by atoms with E-state index < -0.39 is 0 Å². The lowest BCUT2D eigenvalue weighted by Gasteiger charge is -2.34. The Hall–Kier alpha value is -2.60. The molecule has 0 aliphatic carbocycles. The number of methoxy groups -OCH3 is 1. The molecule has 0 saturated carbocycles. The summed E-state index contributed by atoms with van der Waals surface area (Å²) in [5.41, 5.74) is 3.23. The third-order valence-corrected chi connectivity index (χ3v) is 5.31. The van der Waals surface area contributed by atoms with Crippen molar-refractivity contribution in [3.63, 3.8) is 0 Å². The van der Waals surface area contributed by atoms with Gasteiger partial charge in [0.25, 0.3) is 0 Å². The number of ether oxygens (including phenoxy) is 1. The fourth-order valence-corrected chi connectivity index (χ4v) is 3.82. The molecule has 1 N–H and O–H groups in total. The first-order chi connectivity index (χ1) is 12.7. The van der Waals surface area contributed by atoms with Crippen LogP contribution in [0.1, 0.15) is 18.9 Å². The maximum absolute atomic E-state index is 5.61. The van der Waals surface area contributed by atoms with E-state index in [0.717, 1.165) is 48.0 Å². The largest absolute Gasteiger partial charge is 0.497 e. The number of para-hydroxylation sites is 2. The standard InChI is InChI=1S/C20H22N4OS/c1-25-17-6-4-5-15(13-17)22-20(26)23-11-9-16(10-12-23)24-14-21-18-7-2-3-8-19(18)24/h2-8,13-14,16H,9-12H2,1H3,(H,22,26). The zero-order valence-corrected chi connectivity index (χ0v) is 15.6. The fourth-order valence-electron chi connectivity index (χ4n) is 3.52. The van der Waals surface area contributed by atoms with Gasteiger partial charge in [0.1, 0.15) is 5.75 Å². The van der Waals surface area contributed by atoms with E-state index in [2.05, 4.69) is 38.0 Å². The van der Waals surface area contributed by atoms with Gasteiger partial charge in [-0.1, -0.05) is 18.2 Å². The van der Waals surface area contributed by atoms with Gasteiger partial charge in [0.05, 0.1) is 24.5 Å². The predicted molar refractivity (Wildman–Crippen MR) is 109 cm³/mol. The van der Waals surface area contributed by atoms with Gasteiger partial charge >= 0.3 is 0 Å². The van der Waals surface area contributed by atoms with Crippen LogP contribution in [-0.2, 0) is 0 Å². The van der Waals surface area contributed by atoms with Crippen molar-refractivity contribution in [3.05, 3.63) is 54.9 Å². The molecule has 0 bridgehead atoms. The first-order valence-corrected chi connectivity index (χ1v) is 9.27. The molecule has 3 aromatic rings. The number of rotatable bonds is 3. The highest BCUT2D eigenvalue weighted by atomic mass is 32.1.